The fraction of sp³-hybridized carbons (Fsp3) is 0.429. The van der Waals surface area contributed by atoms with Gasteiger partial charge in [-0.15, -0.1) is 0 Å². The van der Waals surface area contributed by atoms with Crippen molar-refractivity contribution < 1.29 is 19.8 Å². The summed E-state index contributed by atoms with van der Waals surface area (Å²) in [6, 6.07) is 3.37. The molecule has 6 nitrogen and oxygen atoms in total. The largest absolute Gasteiger partial charge is 0.478 e. The summed E-state index contributed by atoms with van der Waals surface area (Å²) in [6.07, 6.45) is 1.55. The lowest BCUT2D eigenvalue weighted by molar-refractivity contribution is 0.0679. The second kappa shape index (κ2) is 7.02. The Morgan fingerprint density at radius 1 is 1.25 bits per heavy atom. The number of benzene rings is 1. The van der Waals surface area contributed by atoms with Crippen molar-refractivity contribution in [1.29, 1.82) is 0 Å². The number of hydrogen-bond acceptors (Lipinski definition) is 4. The van der Waals surface area contributed by atoms with Crippen molar-refractivity contribution in [3.05, 3.63) is 34.9 Å². The molecule has 110 valence electrons. The smallest absolute Gasteiger partial charge is 0.336 e. The fourth-order valence-electron chi connectivity index (χ4n) is 2.09. The maximum Gasteiger partial charge on any atom is 0.336 e. The molecule has 0 spiro atoms. The van der Waals surface area contributed by atoms with Gasteiger partial charge in [0.2, 0.25) is 0 Å². The second-order valence-corrected chi connectivity index (χ2v) is 4.85. The van der Waals surface area contributed by atoms with E-state index < -0.39 is 18.0 Å². The van der Waals surface area contributed by atoms with Crippen molar-refractivity contribution in [1.82, 2.24) is 0 Å². The van der Waals surface area contributed by atoms with Gasteiger partial charge >= 0.3 is 11.9 Å². The Morgan fingerprint density at radius 3 is 2.40 bits per heavy atom. The molecule has 0 aliphatic carbocycles. The Balaban J connectivity index is 3.14. The van der Waals surface area contributed by atoms with Crippen molar-refractivity contribution in [2.24, 2.45) is 17.4 Å². The summed E-state index contributed by atoms with van der Waals surface area (Å²) < 4.78 is 0. The molecule has 6 N–H and O–H groups in total. The first-order valence-electron chi connectivity index (χ1n) is 6.44. The highest BCUT2D eigenvalue weighted by Gasteiger charge is 2.22. The van der Waals surface area contributed by atoms with Crippen LogP contribution in [0.1, 0.15) is 52.1 Å². The number of carbonyl (C=O) groups is 2. The van der Waals surface area contributed by atoms with Crippen LogP contribution in [0.4, 0.5) is 0 Å². The van der Waals surface area contributed by atoms with Crippen LogP contribution in [-0.2, 0) is 0 Å². The van der Waals surface area contributed by atoms with Crippen molar-refractivity contribution >= 4 is 11.9 Å². The van der Waals surface area contributed by atoms with Gasteiger partial charge in [-0.2, -0.15) is 0 Å². The minimum Gasteiger partial charge on any atom is -0.478 e. The third kappa shape index (κ3) is 3.79. The highest BCUT2D eigenvalue weighted by molar-refractivity contribution is 5.93. The molecule has 2 atom stereocenters. The fourth-order valence-corrected chi connectivity index (χ4v) is 2.09. The Hall–Kier alpha value is -1.92. The summed E-state index contributed by atoms with van der Waals surface area (Å²) in [4.78, 5) is 22.2. The molecule has 2 unspecified atom stereocenters. The lowest BCUT2D eigenvalue weighted by atomic mass is 9.88. The van der Waals surface area contributed by atoms with Gasteiger partial charge in [0, 0.05) is 6.04 Å². The number of aromatic carboxylic acids is 2. The molecular formula is C14H20N2O4. The number of hydrogen-bond donors (Lipinski definition) is 4. The minimum atomic E-state index is -1.11. The molecule has 1 rings (SSSR count). The van der Waals surface area contributed by atoms with Gasteiger partial charge in [-0.25, -0.2) is 9.59 Å². The molecule has 0 aliphatic heterocycles. The molecule has 0 saturated heterocycles. The van der Waals surface area contributed by atoms with Gasteiger partial charge in [-0.3, -0.25) is 0 Å². The standard InChI is InChI=1S/C14H20N2O4/c1-8(3-2-6-15)12(16)11-7-9(13(17)18)4-5-10(11)14(19)20/h4-5,7-8,12H,2-3,6,15-16H2,1H3,(H,17,18)(H,19,20). The Morgan fingerprint density at radius 2 is 1.90 bits per heavy atom. The van der Waals surface area contributed by atoms with Crippen molar-refractivity contribution in [2.75, 3.05) is 6.54 Å². The highest BCUT2D eigenvalue weighted by Crippen LogP contribution is 2.27. The second-order valence-electron chi connectivity index (χ2n) is 4.85. The van der Waals surface area contributed by atoms with Crippen molar-refractivity contribution in [2.45, 2.75) is 25.8 Å². The molecule has 6 heteroatoms. The van der Waals surface area contributed by atoms with E-state index in [0.717, 1.165) is 12.8 Å². The van der Waals surface area contributed by atoms with Gasteiger partial charge in [0.05, 0.1) is 11.1 Å². The summed E-state index contributed by atoms with van der Waals surface area (Å²) in [7, 11) is 0. The summed E-state index contributed by atoms with van der Waals surface area (Å²) in [5, 5.41) is 18.2. The molecule has 0 radical (unpaired) electrons. The molecule has 20 heavy (non-hydrogen) atoms. The van der Waals surface area contributed by atoms with E-state index in [1.54, 1.807) is 0 Å². The summed E-state index contributed by atoms with van der Waals surface area (Å²) >= 11 is 0. The first kappa shape index (κ1) is 16.1. The van der Waals surface area contributed by atoms with E-state index in [4.69, 9.17) is 16.6 Å². The third-order valence-electron chi connectivity index (χ3n) is 3.36. The van der Waals surface area contributed by atoms with Gasteiger partial charge in [0.1, 0.15) is 0 Å². The first-order valence-corrected chi connectivity index (χ1v) is 6.44. The maximum atomic E-state index is 11.2. The average molecular weight is 280 g/mol. The summed E-state index contributed by atoms with van der Waals surface area (Å²) in [5.41, 5.74) is 12.0. The van der Waals surface area contributed by atoms with Crippen LogP contribution in [-0.4, -0.2) is 28.7 Å². The van der Waals surface area contributed by atoms with Crippen LogP contribution in [0.3, 0.4) is 0 Å². The quantitative estimate of drug-likeness (QED) is 0.599. The molecule has 0 amide bonds. The molecule has 0 bridgehead atoms. The molecule has 1 aromatic rings. The van der Waals surface area contributed by atoms with E-state index in [0.29, 0.717) is 12.1 Å². The Labute approximate surface area is 117 Å². The Kier molecular flexibility index (Phi) is 5.66. The molecular weight excluding hydrogens is 260 g/mol. The van der Waals surface area contributed by atoms with Crippen molar-refractivity contribution in [3.8, 4) is 0 Å². The molecule has 0 aliphatic rings. The van der Waals surface area contributed by atoms with E-state index in [-0.39, 0.29) is 17.0 Å². The van der Waals surface area contributed by atoms with Crippen LogP contribution in [0, 0.1) is 5.92 Å². The van der Waals surface area contributed by atoms with Gasteiger partial charge in [-0.05, 0) is 49.1 Å². The van der Waals surface area contributed by atoms with E-state index in [1.165, 1.54) is 18.2 Å². The Bertz CT molecular complexity index is 502. The minimum absolute atomic E-state index is 0.0145. The van der Waals surface area contributed by atoms with Crippen LogP contribution < -0.4 is 11.5 Å². The van der Waals surface area contributed by atoms with Crippen LogP contribution in [0.15, 0.2) is 18.2 Å². The normalized spacial score (nSPS) is 13.8. The predicted octanol–water partition coefficient (Wildman–Crippen LogP) is 1.46. The number of nitrogens with two attached hydrogens (primary N) is 2. The van der Waals surface area contributed by atoms with Gasteiger partial charge < -0.3 is 21.7 Å². The zero-order chi connectivity index (χ0) is 15.3. The van der Waals surface area contributed by atoms with Crippen LogP contribution in [0.25, 0.3) is 0 Å². The first-order chi connectivity index (χ1) is 9.38. The van der Waals surface area contributed by atoms with E-state index >= 15 is 0 Å². The monoisotopic (exact) mass is 280 g/mol. The van der Waals surface area contributed by atoms with Crippen LogP contribution in [0.2, 0.25) is 0 Å². The topological polar surface area (TPSA) is 127 Å². The molecule has 1 aromatic carbocycles. The lowest BCUT2D eigenvalue weighted by Gasteiger charge is -2.22. The number of rotatable bonds is 7. The summed E-state index contributed by atoms with van der Waals surface area (Å²) in [5.74, 6) is -2.20. The van der Waals surface area contributed by atoms with E-state index in [9.17, 15) is 14.7 Å². The van der Waals surface area contributed by atoms with Crippen LogP contribution >= 0.6 is 0 Å². The van der Waals surface area contributed by atoms with Crippen LogP contribution in [0.5, 0.6) is 0 Å². The predicted molar refractivity (Wildman–Crippen MR) is 74.7 cm³/mol. The highest BCUT2D eigenvalue weighted by atomic mass is 16.4. The zero-order valence-corrected chi connectivity index (χ0v) is 11.4. The molecule has 0 saturated carbocycles. The summed E-state index contributed by atoms with van der Waals surface area (Å²) in [6.45, 7) is 2.44. The van der Waals surface area contributed by atoms with E-state index in [1.807, 2.05) is 6.92 Å². The molecule has 0 fully saturated rings. The lowest BCUT2D eigenvalue weighted by Crippen LogP contribution is -2.23. The maximum absolute atomic E-state index is 11.2. The van der Waals surface area contributed by atoms with Gasteiger partial charge in [0.15, 0.2) is 0 Å². The molecule has 0 heterocycles. The van der Waals surface area contributed by atoms with Crippen molar-refractivity contribution in [3.63, 3.8) is 0 Å². The average Bonchev–Trinajstić information content (AvgIpc) is 2.42. The SMILES string of the molecule is CC(CCCN)C(N)c1cc(C(=O)O)ccc1C(=O)O. The van der Waals surface area contributed by atoms with Gasteiger partial charge in [-0.1, -0.05) is 6.92 Å². The molecule has 0 aromatic heterocycles. The zero-order valence-electron chi connectivity index (χ0n) is 11.4. The number of carboxylic acids is 2. The van der Waals surface area contributed by atoms with Gasteiger partial charge in [0.25, 0.3) is 0 Å². The van der Waals surface area contributed by atoms with E-state index in [2.05, 4.69) is 0 Å². The third-order valence-corrected chi connectivity index (χ3v) is 3.36. The number of carboxylic acid groups (broad SMARTS) is 2.